The van der Waals surface area contributed by atoms with E-state index in [1.54, 1.807) is 24.7 Å². The summed E-state index contributed by atoms with van der Waals surface area (Å²) in [6.07, 6.45) is 3.66. The second-order valence-electron chi connectivity index (χ2n) is 5.02. The number of hydrazone groups is 1. The van der Waals surface area contributed by atoms with E-state index >= 15 is 0 Å². The van der Waals surface area contributed by atoms with Crippen LogP contribution in [0.25, 0.3) is 11.0 Å². The molecule has 0 atom stereocenters. The van der Waals surface area contributed by atoms with Gasteiger partial charge in [-0.25, -0.2) is 10.4 Å². The largest absolute Gasteiger partial charge is 0.330 e. The molecule has 5 nitrogen and oxygen atoms in total. The van der Waals surface area contributed by atoms with Gasteiger partial charge >= 0.3 is 0 Å². The van der Waals surface area contributed by atoms with Crippen molar-refractivity contribution in [2.75, 3.05) is 0 Å². The summed E-state index contributed by atoms with van der Waals surface area (Å²) in [5.41, 5.74) is 5.33. The van der Waals surface area contributed by atoms with Crippen molar-refractivity contribution in [2.24, 2.45) is 5.10 Å². The molecule has 1 N–H and O–H groups in total. The first-order valence-corrected chi connectivity index (χ1v) is 7.57. The highest BCUT2D eigenvalue weighted by atomic mass is 35.5. The van der Waals surface area contributed by atoms with Gasteiger partial charge in [-0.3, -0.25) is 4.79 Å². The van der Waals surface area contributed by atoms with Crippen molar-refractivity contribution < 1.29 is 4.79 Å². The van der Waals surface area contributed by atoms with Crippen LogP contribution in [-0.4, -0.2) is 21.7 Å². The van der Waals surface area contributed by atoms with E-state index in [1.807, 2.05) is 41.0 Å². The third kappa shape index (κ3) is 3.96. The zero-order valence-corrected chi connectivity index (χ0v) is 13.1. The first-order chi connectivity index (χ1) is 11.2. The standard InChI is InChI=1S/C17H15ClN4O/c18-14-7-5-13(6-8-14)11-20-21-17(23)9-10-22-12-19-15-3-1-2-4-16(15)22/h1-8,11-12H,9-10H2,(H,21,23)/b20-11-. The number of benzene rings is 2. The summed E-state index contributed by atoms with van der Waals surface area (Å²) >= 11 is 5.81. The average molecular weight is 327 g/mol. The Morgan fingerprint density at radius 3 is 2.83 bits per heavy atom. The molecule has 116 valence electrons. The normalized spacial score (nSPS) is 11.2. The van der Waals surface area contributed by atoms with E-state index in [1.165, 1.54) is 0 Å². The summed E-state index contributed by atoms with van der Waals surface area (Å²) in [5.74, 6) is -0.145. The molecule has 23 heavy (non-hydrogen) atoms. The highest BCUT2D eigenvalue weighted by Gasteiger charge is 2.04. The fraction of sp³-hybridized carbons (Fsp3) is 0.118. The SMILES string of the molecule is O=C(CCn1cnc2ccccc21)N/N=C\c1ccc(Cl)cc1. The topological polar surface area (TPSA) is 59.3 Å². The Labute approximate surface area is 138 Å². The van der Waals surface area contributed by atoms with Gasteiger partial charge in [-0.05, 0) is 29.8 Å². The van der Waals surface area contributed by atoms with Crippen LogP contribution in [0.1, 0.15) is 12.0 Å². The molecule has 3 aromatic rings. The summed E-state index contributed by atoms with van der Waals surface area (Å²) in [7, 11) is 0. The fourth-order valence-electron chi connectivity index (χ4n) is 2.19. The van der Waals surface area contributed by atoms with Crippen LogP contribution in [0.15, 0.2) is 60.0 Å². The van der Waals surface area contributed by atoms with E-state index in [0.29, 0.717) is 18.0 Å². The molecule has 1 heterocycles. The van der Waals surface area contributed by atoms with E-state index in [-0.39, 0.29) is 5.91 Å². The zero-order valence-electron chi connectivity index (χ0n) is 12.3. The number of aromatic nitrogens is 2. The van der Waals surface area contributed by atoms with Gasteiger partial charge in [0.25, 0.3) is 0 Å². The molecule has 0 radical (unpaired) electrons. The van der Waals surface area contributed by atoms with Crippen LogP contribution in [0, 0.1) is 0 Å². The van der Waals surface area contributed by atoms with Crippen LogP contribution in [-0.2, 0) is 11.3 Å². The Kier molecular flexibility index (Phi) is 4.68. The molecule has 2 aromatic carbocycles. The molecule has 0 saturated heterocycles. The van der Waals surface area contributed by atoms with Crippen LogP contribution in [0.5, 0.6) is 0 Å². The first kappa shape index (κ1) is 15.2. The van der Waals surface area contributed by atoms with Crippen molar-refractivity contribution in [1.29, 1.82) is 0 Å². The van der Waals surface area contributed by atoms with Gasteiger partial charge in [0.15, 0.2) is 0 Å². The van der Waals surface area contributed by atoms with E-state index in [4.69, 9.17) is 11.6 Å². The molecule has 0 fully saturated rings. The van der Waals surface area contributed by atoms with Crippen LogP contribution < -0.4 is 5.43 Å². The maximum absolute atomic E-state index is 11.8. The predicted octanol–water partition coefficient (Wildman–Crippen LogP) is 3.23. The van der Waals surface area contributed by atoms with Gasteiger partial charge in [0.05, 0.1) is 23.6 Å². The van der Waals surface area contributed by atoms with Crippen molar-refractivity contribution >= 4 is 34.8 Å². The van der Waals surface area contributed by atoms with Gasteiger partial charge in [-0.15, -0.1) is 0 Å². The van der Waals surface area contributed by atoms with Crippen LogP contribution >= 0.6 is 11.6 Å². The number of halogens is 1. The number of amides is 1. The van der Waals surface area contributed by atoms with Crippen molar-refractivity contribution in [1.82, 2.24) is 15.0 Å². The third-order valence-corrected chi connectivity index (χ3v) is 3.63. The van der Waals surface area contributed by atoms with Crippen molar-refractivity contribution in [3.05, 3.63) is 65.4 Å². The van der Waals surface area contributed by atoms with Gasteiger partial charge < -0.3 is 4.57 Å². The number of rotatable bonds is 5. The number of fused-ring (bicyclic) bond motifs is 1. The maximum Gasteiger partial charge on any atom is 0.241 e. The minimum atomic E-state index is -0.145. The lowest BCUT2D eigenvalue weighted by Crippen LogP contribution is -2.19. The number of hydrogen-bond acceptors (Lipinski definition) is 3. The third-order valence-electron chi connectivity index (χ3n) is 3.38. The monoisotopic (exact) mass is 326 g/mol. The number of nitrogens with zero attached hydrogens (tertiary/aromatic N) is 3. The molecule has 1 amide bonds. The van der Waals surface area contributed by atoms with Crippen molar-refractivity contribution in [2.45, 2.75) is 13.0 Å². The number of carbonyl (C=O) groups excluding carboxylic acids is 1. The summed E-state index contributed by atoms with van der Waals surface area (Å²) in [6, 6.07) is 15.0. The Balaban J connectivity index is 1.52. The summed E-state index contributed by atoms with van der Waals surface area (Å²) in [5, 5.41) is 4.61. The highest BCUT2D eigenvalue weighted by molar-refractivity contribution is 6.30. The average Bonchev–Trinajstić information content (AvgIpc) is 2.98. The van der Waals surface area contributed by atoms with Gasteiger partial charge in [0, 0.05) is 18.0 Å². The van der Waals surface area contributed by atoms with Gasteiger partial charge in [0.2, 0.25) is 5.91 Å². The second kappa shape index (κ2) is 7.07. The zero-order chi connectivity index (χ0) is 16.1. The lowest BCUT2D eigenvalue weighted by atomic mass is 10.2. The number of hydrogen-bond donors (Lipinski definition) is 1. The Morgan fingerprint density at radius 2 is 2.00 bits per heavy atom. The molecule has 0 saturated carbocycles. The molecular formula is C17H15ClN4O. The number of nitrogens with one attached hydrogen (secondary N) is 1. The lowest BCUT2D eigenvalue weighted by molar-refractivity contribution is -0.121. The molecule has 0 aliphatic heterocycles. The smallest absolute Gasteiger partial charge is 0.241 e. The van der Waals surface area contributed by atoms with E-state index in [0.717, 1.165) is 16.6 Å². The van der Waals surface area contributed by atoms with Crippen LogP contribution in [0.4, 0.5) is 0 Å². The van der Waals surface area contributed by atoms with Crippen LogP contribution in [0.2, 0.25) is 5.02 Å². The molecule has 1 aromatic heterocycles. The fourth-order valence-corrected chi connectivity index (χ4v) is 2.32. The van der Waals surface area contributed by atoms with Crippen LogP contribution in [0.3, 0.4) is 0 Å². The van der Waals surface area contributed by atoms with E-state index < -0.39 is 0 Å². The van der Waals surface area contributed by atoms with Gasteiger partial charge in [0.1, 0.15) is 0 Å². The van der Waals surface area contributed by atoms with Crippen molar-refractivity contribution in [3.8, 4) is 0 Å². The van der Waals surface area contributed by atoms with Gasteiger partial charge in [-0.1, -0.05) is 35.9 Å². The number of aryl methyl sites for hydroxylation is 1. The number of imidazole rings is 1. The minimum absolute atomic E-state index is 0.145. The molecule has 0 spiro atoms. The maximum atomic E-state index is 11.8. The quantitative estimate of drug-likeness (QED) is 0.578. The van der Waals surface area contributed by atoms with Crippen molar-refractivity contribution in [3.63, 3.8) is 0 Å². The highest BCUT2D eigenvalue weighted by Crippen LogP contribution is 2.12. The number of para-hydroxylation sites is 2. The molecule has 3 rings (SSSR count). The summed E-state index contributed by atoms with van der Waals surface area (Å²) in [4.78, 5) is 16.1. The predicted molar refractivity (Wildman–Crippen MR) is 91.5 cm³/mol. The molecule has 6 heteroatoms. The lowest BCUT2D eigenvalue weighted by Gasteiger charge is -2.03. The molecule has 0 bridgehead atoms. The Hall–Kier alpha value is -2.66. The molecule has 0 aliphatic rings. The molecule has 0 aliphatic carbocycles. The van der Waals surface area contributed by atoms with E-state index in [9.17, 15) is 4.79 Å². The summed E-state index contributed by atoms with van der Waals surface area (Å²) in [6.45, 7) is 0.558. The first-order valence-electron chi connectivity index (χ1n) is 7.20. The minimum Gasteiger partial charge on any atom is -0.330 e. The Morgan fingerprint density at radius 1 is 1.22 bits per heavy atom. The second-order valence-corrected chi connectivity index (χ2v) is 5.46. The molecule has 0 unspecified atom stereocenters. The van der Waals surface area contributed by atoms with E-state index in [2.05, 4.69) is 15.5 Å². The Bertz CT molecular complexity index is 839. The summed E-state index contributed by atoms with van der Waals surface area (Å²) < 4.78 is 1.96. The number of carbonyl (C=O) groups is 1. The van der Waals surface area contributed by atoms with Gasteiger partial charge in [-0.2, -0.15) is 5.10 Å². The molecular weight excluding hydrogens is 312 g/mol.